The van der Waals surface area contributed by atoms with E-state index < -0.39 is 7.14 Å². The predicted octanol–water partition coefficient (Wildman–Crippen LogP) is 5.33. The fourth-order valence-corrected chi connectivity index (χ4v) is 6.19. The summed E-state index contributed by atoms with van der Waals surface area (Å²) in [6, 6.07) is 19.6. The van der Waals surface area contributed by atoms with Gasteiger partial charge in [0.1, 0.15) is 5.85 Å². The monoisotopic (exact) mass is 344 g/mol. The van der Waals surface area contributed by atoms with Crippen LogP contribution in [-0.4, -0.2) is 13.0 Å². The van der Waals surface area contributed by atoms with E-state index in [4.69, 9.17) is 4.74 Å². The zero-order valence-corrected chi connectivity index (χ0v) is 15.8. The Morgan fingerprint density at radius 2 is 1.33 bits per heavy atom. The second kappa shape index (κ2) is 9.81. The largest absolute Gasteiger partial charge is 0.373 e. The highest BCUT2D eigenvalue weighted by atomic mass is 31.2. The Morgan fingerprint density at radius 3 is 1.79 bits per heavy atom. The summed E-state index contributed by atoms with van der Waals surface area (Å²) in [6.07, 6.45) is 6.82. The fraction of sp³-hybridized carbons (Fsp3) is 0.429. The van der Waals surface area contributed by atoms with Crippen LogP contribution in [0.2, 0.25) is 0 Å². The van der Waals surface area contributed by atoms with Gasteiger partial charge in [0.2, 0.25) is 0 Å². The Balaban J connectivity index is 2.26. The van der Waals surface area contributed by atoms with E-state index in [0.717, 1.165) is 23.5 Å². The van der Waals surface area contributed by atoms with Gasteiger partial charge in [-0.15, -0.1) is 0 Å². The molecular weight excluding hydrogens is 315 g/mol. The van der Waals surface area contributed by atoms with Crippen molar-refractivity contribution in [2.24, 2.45) is 0 Å². The Labute approximate surface area is 146 Å². The first-order valence-corrected chi connectivity index (χ1v) is 10.7. The molecule has 0 fully saturated rings. The lowest BCUT2D eigenvalue weighted by molar-refractivity contribution is 0.154. The lowest BCUT2D eigenvalue weighted by Crippen LogP contribution is -2.27. The fourth-order valence-electron chi connectivity index (χ4n) is 3.15. The Bertz CT molecular complexity index is 581. The molecule has 0 amide bonds. The molecule has 2 aromatic carbocycles. The van der Waals surface area contributed by atoms with Gasteiger partial charge in [-0.1, -0.05) is 99.7 Å². The topological polar surface area (TPSA) is 26.3 Å². The summed E-state index contributed by atoms with van der Waals surface area (Å²) in [5, 5.41) is 1.77. The van der Waals surface area contributed by atoms with Crippen LogP contribution in [0.1, 0.15) is 45.4 Å². The molecule has 0 saturated heterocycles. The minimum Gasteiger partial charge on any atom is -0.373 e. The van der Waals surface area contributed by atoms with Gasteiger partial charge in [0, 0.05) is 17.7 Å². The summed E-state index contributed by atoms with van der Waals surface area (Å²) >= 11 is 0. The van der Waals surface area contributed by atoms with Crippen molar-refractivity contribution in [2.45, 2.75) is 51.3 Å². The number of benzene rings is 2. The van der Waals surface area contributed by atoms with E-state index in [1.54, 1.807) is 7.11 Å². The van der Waals surface area contributed by atoms with Crippen molar-refractivity contribution in [2.75, 3.05) is 7.11 Å². The van der Waals surface area contributed by atoms with Gasteiger partial charge in [0.15, 0.2) is 7.14 Å². The number of rotatable bonds is 10. The molecule has 2 rings (SSSR count). The second-order valence-corrected chi connectivity index (χ2v) is 9.15. The standard InChI is InChI=1S/C21H29O2P/c1-3-4-5-6-13-18-21(23-2)24(22,19-14-9-7-10-15-19)20-16-11-8-12-17-20/h7-12,14-17,21H,3-6,13,18H2,1-2H3. The first-order chi connectivity index (χ1) is 11.7. The third-order valence-corrected chi connectivity index (χ3v) is 7.92. The van der Waals surface area contributed by atoms with E-state index in [2.05, 4.69) is 6.92 Å². The number of ether oxygens (including phenoxy) is 1. The van der Waals surface area contributed by atoms with Crippen LogP contribution in [0, 0.1) is 0 Å². The van der Waals surface area contributed by atoms with Gasteiger partial charge in [-0.2, -0.15) is 0 Å². The first kappa shape index (κ1) is 19.0. The van der Waals surface area contributed by atoms with Gasteiger partial charge in [-0.25, -0.2) is 0 Å². The average Bonchev–Trinajstić information content (AvgIpc) is 2.65. The van der Waals surface area contributed by atoms with Crippen molar-refractivity contribution >= 4 is 17.8 Å². The number of hydrogen-bond donors (Lipinski definition) is 0. The summed E-state index contributed by atoms with van der Waals surface area (Å²) < 4.78 is 19.9. The van der Waals surface area contributed by atoms with Crippen molar-refractivity contribution in [3.63, 3.8) is 0 Å². The van der Waals surface area contributed by atoms with Crippen molar-refractivity contribution in [3.8, 4) is 0 Å². The summed E-state index contributed by atoms with van der Waals surface area (Å²) in [7, 11) is -1.12. The van der Waals surface area contributed by atoms with E-state index in [9.17, 15) is 4.57 Å². The summed E-state index contributed by atoms with van der Waals surface area (Å²) in [4.78, 5) is 0. The van der Waals surface area contributed by atoms with Gasteiger partial charge >= 0.3 is 0 Å². The van der Waals surface area contributed by atoms with Crippen molar-refractivity contribution in [1.82, 2.24) is 0 Å². The molecule has 2 nitrogen and oxygen atoms in total. The van der Waals surface area contributed by atoms with Gasteiger partial charge in [-0.05, 0) is 6.42 Å². The molecule has 0 aliphatic carbocycles. The molecule has 0 bridgehead atoms. The Hall–Kier alpha value is -1.37. The van der Waals surface area contributed by atoms with Crippen LogP contribution >= 0.6 is 7.14 Å². The maximum atomic E-state index is 14.1. The first-order valence-electron chi connectivity index (χ1n) is 8.97. The second-order valence-electron chi connectivity index (χ2n) is 6.22. The molecule has 2 aromatic rings. The van der Waals surface area contributed by atoms with Crippen LogP contribution in [0.25, 0.3) is 0 Å². The Kier molecular flexibility index (Phi) is 7.75. The van der Waals surface area contributed by atoms with Gasteiger partial charge in [-0.3, -0.25) is 0 Å². The van der Waals surface area contributed by atoms with Crippen molar-refractivity contribution in [3.05, 3.63) is 60.7 Å². The average molecular weight is 344 g/mol. The van der Waals surface area contributed by atoms with E-state index in [1.807, 2.05) is 60.7 Å². The minimum absolute atomic E-state index is 0.260. The third-order valence-electron chi connectivity index (χ3n) is 4.51. The van der Waals surface area contributed by atoms with E-state index in [1.165, 1.54) is 25.7 Å². The maximum Gasteiger partial charge on any atom is 0.170 e. The van der Waals surface area contributed by atoms with Crippen LogP contribution in [0.3, 0.4) is 0 Å². The van der Waals surface area contributed by atoms with Crippen molar-refractivity contribution in [1.29, 1.82) is 0 Å². The van der Waals surface area contributed by atoms with Crippen LogP contribution in [0.5, 0.6) is 0 Å². The summed E-state index contributed by atoms with van der Waals surface area (Å²) in [5.41, 5.74) is 0. The normalized spacial score (nSPS) is 12.9. The summed E-state index contributed by atoms with van der Waals surface area (Å²) in [6.45, 7) is 2.22. The van der Waals surface area contributed by atoms with Crippen molar-refractivity contribution < 1.29 is 9.30 Å². The lowest BCUT2D eigenvalue weighted by atomic mass is 10.1. The molecule has 24 heavy (non-hydrogen) atoms. The zero-order valence-electron chi connectivity index (χ0n) is 14.9. The van der Waals surface area contributed by atoms with Crippen LogP contribution in [0.4, 0.5) is 0 Å². The molecule has 0 heterocycles. The molecule has 3 heteroatoms. The smallest absolute Gasteiger partial charge is 0.170 e. The highest BCUT2D eigenvalue weighted by Crippen LogP contribution is 2.50. The van der Waals surface area contributed by atoms with E-state index in [0.29, 0.717) is 0 Å². The highest BCUT2D eigenvalue weighted by molar-refractivity contribution is 7.79. The lowest BCUT2D eigenvalue weighted by Gasteiger charge is -2.27. The molecule has 0 saturated carbocycles. The molecule has 0 aliphatic heterocycles. The van der Waals surface area contributed by atoms with Crippen LogP contribution < -0.4 is 10.6 Å². The van der Waals surface area contributed by atoms with Gasteiger partial charge in [0.25, 0.3) is 0 Å². The maximum absolute atomic E-state index is 14.1. The molecule has 0 spiro atoms. The third kappa shape index (κ3) is 4.59. The molecular formula is C21H29O2P. The number of methoxy groups -OCH3 is 1. The van der Waals surface area contributed by atoms with Crippen LogP contribution in [-0.2, 0) is 9.30 Å². The molecule has 0 aliphatic rings. The molecule has 0 radical (unpaired) electrons. The SMILES string of the molecule is CCCCCCCC(OC)P(=O)(c1ccccc1)c1ccccc1. The summed E-state index contributed by atoms with van der Waals surface area (Å²) in [5.74, 6) is -0.260. The zero-order chi connectivity index (χ0) is 17.3. The highest BCUT2D eigenvalue weighted by Gasteiger charge is 2.36. The van der Waals surface area contributed by atoms with Gasteiger partial charge < -0.3 is 9.30 Å². The minimum atomic E-state index is -2.81. The quantitative estimate of drug-likeness (QED) is 0.430. The number of unbranched alkanes of at least 4 members (excludes halogenated alkanes) is 4. The molecule has 0 N–H and O–H groups in total. The van der Waals surface area contributed by atoms with E-state index >= 15 is 0 Å². The number of hydrogen-bond acceptors (Lipinski definition) is 2. The molecule has 0 aromatic heterocycles. The molecule has 1 unspecified atom stereocenters. The van der Waals surface area contributed by atoms with Crippen LogP contribution in [0.15, 0.2) is 60.7 Å². The Morgan fingerprint density at radius 1 is 0.833 bits per heavy atom. The van der Waals surface area contributed by atoms with E-state index in [-0.39, 0.29) is 5.85 Å². The predicted molar refractivity (Wildman–Crippen MR) is 104 cm³/mol. The molecule has 1 atom stereocenters. The van der Waals surface area contributed by atoms with Gasteiger partial charge in [0.05, 0.1) is 0 Å². The molecule has 130 valence electrons.